The number of carbonyl (C=O) groups excluding carboxylic acids is 1. The van der Waals surface area contributed by atoms with Crippen molar-refractivity contribution in [3.63, 3.8) is 0 Å². The van der Waals surface area contributed by atoms with Crippen LogP contribution in [0, 0.1) is 5.92 Å². The fraction of sp³-hybridized carbons (Fsp3) is 0.286. The summed E-state index contributed by atoms with van der Waals surface area (Å²) in [5, 5.41) is 0. The fourth-order valence-electron chi connectivity index (χ4n) is 4.93. The monoisotopic (exact) mass is 628 g/mol. The number of nitrogens with zero attached hydrogens (tertiary/aromatic N) is 2. The van der Waals surface area contributed by atoms with Gasteiger partial charge in [0.05, 0.1) is 35.6 Å². The number of aromatic nitrogens is 1. The van der Waals surface area contributed by atoms with Gasteiger partial charge in [-0.15, -0.1) is 11.8 Å². The van der Waals surface area contributed by atoms with E-state index in [2.05, 4.69) is 13.8 Å². The summed E-state index contributed by atoms with van der Waals surface area (Å²) in [7, 11) is 1.60. The molecule has 5 rings (SSSR count). The Morgan fingerprint density at radius 2 is 1.82 bits per heavy atom. The molecule has 0 saturated carbocycles. The van der Waals surface area contributed by atoms with Crippen molar-refractivity contribution in [1.29, 1.82) is 0 Å². The molecule has 0 saturated heterocycles. The maximum Gasteiger partial charge on any atom is 0.338 e. The minimum atomic E-state index is -0.682. The van der Waals surface area contributed by atoms with Gasteiger partial charge in [-0.25, -0.2) is 9.79 Å². The van der Waals surface area contributed by atoms with Crippen LogP contribution in [0.1, 0.15) is 49.9 Å². The molecule has 1 atom stereocenters. The smallest absolute Gasteiger partial charge is 0.338 e. The van der Waals surface area contributed by atoms with Gasteiger partial charge in [-0.05, 0) is 72.6 Å². The third-order valence-electron chi connectivity index (χ3n) is 7.32. The normalized spacial score (nSPS) is 14.8. The second-order valence-corrected chi connectivity index (χ2v) is 12.7. The van der Waals surface area contributed by atoms with Crippen LogP contribution in [0.5, 0.6) is 11.5 Å². The van der Waals surface area contributed by atoms with Crippen LogP contribution in [0.15, 0.2) is 98.7 Å². The molecule has 1 aliphatic rings. The van der Waals surface area contributed by atoms with Gasteiger partial charge in [0.1, 0.15) is 6.61 Å². The molecule has 4 aromatic rings. The van der Waals surface area contributed by atoms with Crippen LogP contribution in [-0.2, 0) is 16.1 Å². The van der Waals surface area contributed by atoms with Crippen LogP contribution in [0.25, 0.3) is 6.08 Å². The largest absolute Gasteiger partial charge is 0.493 e. The van der Waals surface area contributed by atoms with Crippen molar-refractivity contribution in [2.45, 2.75) is 44.7 Å². The van der Waals surface area contributed by atoms with Crippen LogP contribution < -0.4 is 24.4 Å². The summed E-state index contributed by atoms with van der Waals surface area (Å²) in [4.78, 5) is 34.0. The highest BCUT2D eigenvalue weighted by Crippen LogP contribution is 2.32. The minimum Gasteiger partial charge on any atom is -0.493 e. The van der Waals surface area contributed by atoms with Crippen molar-refractivity contribution in [2.75, 3.05) is 20.0 Å². The highest BCUT2D eigenvalue weighted by Gasteiger charge is 2.33. The molecule has 0 fully saturated rings. The zero-order valence-electron chi connectivity index (χ0n) is 25.5. The van der Waals surface area contributed by atoms with E-state index in [-0.39, 0.29) is 12.2 Å². The molecule has 1 aromatic heterocycles. The Hall–Kier alpha value is -4.08. The number of allylic oxidation sites excluding steroid dienone is 1. The van der Waals surface area contributed by atoms with Crippen molar-refractivity contribution < 1.29 is 19.0 Å². The van der Waals surface area contributed by atoms with E-state index in [1.54, 1.807) is 30.4 Å². The molecule has 0 radical (unpaired) electrons. The van der Waals surface area contributed by atoms with Gasteiger partial charge in [0.15, 0.2) is 16.3 Å². The van der Waals surface area contributed by atoms with Gasteiger partial charge in [0, 0.05) is 4.90 Å². The summed E-state index contributed by atoms with van der Waals surface area (Å²) < 4.78 is 19.4. The van der Waals surface area contributed by atoms with E-state index < -0.39 is 12.0 Å². The Labute approximate surface area is 265 Å². The summed E-state index contributed by atoms with van der Waals surface area (Å²) in [6.07, 6.45) is 4.77. The van der Waals surface area contributed by atoms with E-state index in [0.717, 1.165) is 28.0 Å². The average Bonchev–Trinajstić information content (AvgIpc) is 3.33. The quantitative estimate of drug-likeness (QED) is 0.147. The first-order valence-electron chi connectivity index (χ1n) is 14.5. The molecule has 1 unspecified atom stereocenters. The minimum absolute atomic E-state index is 0.123. The molecule has 9 heteroatoms. The summed E-state index contributed by atoms with van der Waals surface area (Å²) in [5.41, 5.74) is 3.12. The zero-order valence-corrected chi connectivity index (χ0v) is 27.2. The molecule has 0 aliphatic carbocycles. The van der Waals surface area contributed by atoms with Crippen molar-refractivity contribution in [1.82, 2.24) is 4.57 Å². The number of thioether (sulfide) groups is 1. The summed E-state index contributed by atoms with van der Waals surface area (Å²) in [6, 6.07) is 22.4. The molecular formula is C35H36N2O5S2. The SMILES string of the molecule is COc1cc(C=c2sc3n(c2=O)C(c2ccc(SC)cc2)C(C(=O)OCc2ccccc2)=C(C)N=3)ccc1OCCC(C)C. The Morgan fingerprint density at radius 1 is 1.07 bits per heavy atom. The Balaban J connectivity index is 1.54. The number of ether oxygens (including phenoxy) is 3. The number of esters is 1. The average molecular weight is 629 g/mol. The van der Waals surface area contributed by atoms with Gasteiger partial charge < -0.3 is 14.2 Å². The van der Waals surface area contributed by atoms with Crippen LogP contribution in [0.4, 0.5) is 0 Å². The molecule has 2 heterocycles. The van der Waals surface area contributed by atoms with E-state index >= 15 is 0 Å². The number of rotatable bonds is 11. The second-order valence-electron chi connectivity index (χ2n) is 10.9. The maximum atomic E-state index is 14.1. The molecule has 7 nitrogen and oxygen atoms in total. The lowest BCUT2D eigenvalue weighted by Gasteiger charge is -2.25. The Morgan fingerprint density at radius 3 is 2.50 bits per heavy atom. The lowest BCUT2D eigenvalue weighted by molar-refractivity contribution is -0.140. The number of methoxy groups -OCH3 is 1. The summed E-state index contributed by atoms with van der Waals surface area (Å²) in [5.74, 6) is 1.30. The topological polar surface area (TPSA) is 79.1 Å². The number of benzene rings is 3. The van der Waals surface area contributed by atoms with Crippen LogP contribution in [0.2, 0.25) is 0 Å². The Kier molecular flexibility index (Phi) is 10.1. The number of hydrogen-bond donors (Lipinski definition) is 0. The van der Waals surface area contributed by atoms with Crippen LogP contribution in [-0.4, -0.2) is 30.5 Å². The van der Waals surface area contributed by atoms with Gasteiger partial charge in [-0.1, -0.05) is 73.7 Å². The predicted molar refractivity (Wildman–Crippen MR) is 176 cm³/mol. The molecule has 0 bridgehead atoms. The number of carbonyl (C=O) groups is 1. The first-order valence-corrected chi connectivity index (χ1v) is 16.5. The summed E-state index contributed by atoms with van der Waals surface area (Å²) in [6.45, 7) is 6.82. The van der Waals surface area contributed by atoms with E-state index in [0.29, 0.717) is 44.6 Å². The van der Waals surface area contributed by atoms with E-state index in [1.807, 2.05) is 85.1 Å². The Bertz CT molecular complexity index is 1840. The van der Waals surface area contributed by atoms with E-state index in [1.165, 1.54) is 11.3 Å². The first kappa shape index (κ1) is 31.3. The highest BCUT2D eigenvalue weighted by molar-refractivity contribution is 7.98. The lowest BCUT2D eigenvalue weighted by atomic mass is 9.96. The van der Waals surface area contributed by atoms with Crippen molar-refractivity contribution in [2.24, 2.45) is 10.9 Å². The molecule has 44 heavy (non-hydrogen) atoms. The van der Waals surface area contributed by atoms with Crippen molar-refractivity contribution >= 4 is 35.1 Å². The van der Waals surface area contributed by atoms with Crippen molar-refractivity contribution in [3.8, 4) is 11.5 Å². The van der Waals surface area contributed by atoms with Crippen LogP contribution >= 0.6 is 23.1 Å². The predicted octanol–water partition coefficient (Wildman–Crippen LogP) is 6.13. The van der Waals surface area contributed by atoms with E-state index in [4.69, 9.17) is 19.2 Å². The first-order chi connectivity index (χ1) is 21.3. The third-order valence-corrected chi connectivity index (χ3v) is 9.05. The van der Waals surface area contributed by atoms with E-state index in [9.17, 15) is 9.59 Å². The van der Waals surface area contributed by atoms with Crippen LogP contribution in [0.3, 0.4) is 0 Å². The lowest BCUT2D eigenvalue weighted by Crippen LogP contribution is -2.39. The molecule has 228 valence electrons. The van der Waals surface area contributed by atoms with Crippen molar-refractivity contribution in [3.05, 3.63) is 120 Å². The van der Waals surface area contributed by atoms with Gasteiger partial charge in [-0.2, -0.15) is 0 Å². The molecule has 3 aromatic carbocycles. The van der Waals surface area contributed by atoms with Gasteiger partial charge in [0.25, 0.3) is 5.56 Å². The van der Waals surface area contributed by atoms with Gasteiger partial charge >= 0.3 is 5.97 Å². The maximum absolute atomic E-state index is 14.1. The number of thiazole rings is 1. The molecule has 0 N–H and O–H groups in total. The number of fused-ring (bicyclic) bond motifs is 1. The second kappa shape index (κ2) is 14.1. The number of hydrogen-bond acceptors (Lipinski definition) is 8. The fourth-order valence-corrected chi connectivity index (χ4v) is 6.39. The molecule has 1 aliphatic heterocycles. The third kappa shape index (κ3) is 7.00. The van der Waals surface area contributed by atoms with Gasteiger partial charge in [0.2, 0.25) is 0 Å². The summed E-state index contributed by atoms with van der Waals surface area (Å²) >= 11 is 2.92. The molecular weight excluding hydrogens is 593 g/mol. The zero-order chi connectivity index (χ0) is 31.2. The van der Waals surface area contributed by atoms with Gasteiger partial charge in [-0.3, -0.25) is 9.36 Å². The molecule has 0 amide bonds. The highest BCUT2D eigenvalue weighted by atomic mass is 32.2. The standard InChI is InChI=1S/C35H36N2O5S2/c1-22(2)17-18-41-28-16-11-25(19-29(28)40-4)20-30-33(38)37-32(26-12-14-27(43-5)15-13-26)31(23(3)36-35(37)44-30)34(39)42-21-24-9-7-6-8-10-24/h6-16,19-20,22,32H,17-18,21H2,1-5H3. The molecule has 0 spiro atoms.